The number of fused-ring (bicyclic) bond motifs is 1. The van der Waals surface area contributed by atoms with Crippen LogP contribution in [-0.2, 0) is 7.05 Å². The highest BCUT2D eigenvalue weighted by molar-refractivity contribution is 5.79. The molecule has 0 saturated carbocycles. The molecule has 1 aliphatic heterocycles. The topological polar surface area (TPSA) is 49.8 Å². The van der Waals surface area contributed by atoms with Crippen LogP contribution in [0.3, 0.4) is 0 Å². The number of aromatic amines is 1. The van der Waals surface area contributed by atoms with Gasteiger partial charge in [0, 0.05) is 7.05 Å². The standard InChI is InChI=1S/C13H17N3O/c1-16-12-10(9-5-7-14-8-6-9)3-2-4-11(12)15-13(16)17/h2-4,9,14H,5-8H2,1H3,(H,15,17). The van der Waals surface area contributed by atoms with Gasteiger partial charge in [-0.3, -0.25) is 4.57 Å². The van der Waals surface area contributed by atoms with Crippen molar-refractivity contribution in [2.75, 3.05) is 13.1 Å². The number of benzene rings is 1. The Labute approximate surface area is 99.6 Å². The summed E-state index contributed by atoms with van der Waals surface area (Å²) in [5, 5.41) is 3.38. The number of aromatic nitrogens is 2. The van der Waals surface area contributed by atoms with Crippen LogP contribution < -0.4 is 11.0 Å². The molecule has 2 N–H and O–H groups in total. The zero-order valence-corrected chi connectivity index (χ0v) is 9.99. The first-order valence-electron chi connectivity index (χ1n) is 6.15. The number of rotatable bonds is 1. The number of hydrogen-bond donors (Lipinski definition) is 2. The molecule has 2 aromatic rings. The first-order chi connectivity index (χ1) is 8.27. The van der Waals surface area contributed by atoms with E-state index in [1.165, 1.54) is 5.56 Å². The first-order valence-corrected chi connectivity index (χ1v) is 6.15. The maximum Gasteiger partial charge on any atom is 0.326 e. The second kappa shape index (κ2) is 4.04. The molecule has 3 rings (SSSR count). The van der Waals surface area contributed by atoms with Crippen LogP contribution in [0.5, 0.6) is 0 Å². The quantitative estimate of drug-likeness (QED) is 0.778. The highest BCUT2D eigenvalue weighted by Crippen LogP contribution is 2.29. The highest BCUT2D eigenvalue weighted by atomic mass is 16.1. The Morgan fingerprint density at radius 2 is 2.06 bits per heavy atom. The van der Waals surface area contributed by atoms with Gasteiger partial charge in [0.25, 0.3) is 0 Å². The van der Waals surface area contributed by atoms with E-state index in [9.17, 15) is 4.79 Å². The normalized spacial score (nSPS) is 17.7. The maximum atomic E-state index is 11.7. The first kappa shape index (κ1) is 10.6. The van der Waals surface area contributed by atoms with Gasteiger partial charge in [-0.05, 0) is 43.5 Å². The Hall–Kier alpha value is -1.55. The van der Waals surface area contributed by atoms with E-state index < -0.39 is 0 Å². The molecule has 1 aromatic carbocycles. The van der Waals surface area contributed by atoms with Crippen molar-refractivity contribution in [3.8, 4) is 0 Å². The fourth-order valence-corrected chi connectivity index (χ4v) is 2.80. The number of nitrogens with one attached hydrogen (secondary N) is 2. The van der Waals surface area contributed by atoms with Gasteiger partial charge in [0.05, 0.1) is 11.0 Å². The van der Waals surface area contributed by atoms with Crippen LogP contribution in [0.25, 0.3) is 11.0 Å². The fraction of sp³-hybridized carbons (Fsp3) is 0.462. The van der Waals surface area contributed by atoms with Gasteiger partial charge in [-0.1, -0.05) is 12.1 Å². The van der Waals surface area contributed by atoms with Crippen molar-refractivity contribution in [2.45, 2.75) is 18.8 Å². The summed E-state index contributed by atoms with van der Waals surface area (Å²) in [6.45, 7) is 2.14. The van der Waals surface area contributed by atoms with Gasteiger partial charge < -0.3 is 10.3 Å². The number of H-pyrrole nitrogens is 1. The zero-order chi connectivity index (χ0) is 11.8. The summed E-state index contributed by atoms with van der Waals surface area (Å²) in [6, 6.07) is 6.17. The third kappa shape index (κ3) is 1.69. The van der Waals surface area contributed by atoms with Crippen molar-refractivity contribution in [1.29, 1.82) is 0 Å². The van der Waals surface area contributed by atoms with E-state index in [1.54, 1.807) is 4.57 Å². The third-order valence-electron chi connectivity index (χ3n) is 3.73. The van der Waals surface area contributed by atoms with E-state index in [2.05, 4.69) is 16.4 Å². The molecule has 1 fully saturated rings. The van der Waals surface area contributed by atoms with Crippen LogP contribution in [0.1, 0.15) is 24.3 Å². The third-order valence-corrected chi connectivity index (χ3v) is 3.73. The summed E-state index contributed by atoms with van der Waals surface area (Å²) >= 11 is 0. The number of hydrogen-bond acceptors (Lipinski definition) is 2. The van der Waals surface area contributed by atoms with Crippen molar-refractivity contribution in [1.82, 2.24) is 14.9 Å². The SMILES string of the molecule is Cn1c(=O)[nH]c2cccc(C3CCNCC3)c21. The zero-order valence-electron chi connectivity index (χ0n) is 9.99. The Kier molecular flexibility index (Phi) is 2.52. The van der Waals surface area contributed by atoms with Crippen molar-refractivity contribution < 1.29 is 0 Å². The molecule has 0 atom stereocenters. The van der Waals surface area contributed by atoms with Gasteiger partial charge in [0.2, 0.25) is 0 Å². The van der Waals surface area contributed by atoms with E-state index in [1.807, 2.05) is 19.2 Å². The molecule has 90 valence electrons. The second-order valence-electron chi connectivity index (χ2n) is 4.76. The molecule has 0 spiro atoms. The number of nitrogens with zero attached hydrogens (tertiary/aromatic N) is 1. The van der Waals surface area contributed by atoms with E-state index in [0.717, 1.165) is 37.0 Å². The number of imidazole rings is 1. The highest BCUT2D eigenvalue weighted by Gasteiger charge is 2.19. The molecule has 2 heterocycles. The lowest BCUT2D eigenvalue weighted by atomic mass is 9.89. The van der Waals surface area contributed by atoms with Gasteiger partial charge in [-0.2, -0.15) is 0 Å². The maximum absolute atomic E-state index is 11.7. The predicted molar refractivity (Wildman–Crippen MR) is 68.4 cm³/mol. The molecule has 1 aromatic heterocycles. The molecule has 4 heteroatoms. The lowest BCUT2D eigenvalue weighted by molar-refractivity contribution is 0.461. The molecule has 0 unspecified atom stereocenters. The Bertz CT molecular complexity index is 590. The van der Waals surface area contributed by atoms with Crippen LogP contribution in [0.4, 0.5) is 0 Å². The Morgan fingerprint density at radius 3 is 2.82 bits per heavy atom. The Morgan fingerprint density at radius 1 is 1.29 bits per heavy atom. The van der Waals surface area contributed by atoms with Crippen LogP contribution in [0.15, 0.2) is 23.0 Å². The number of aryl methyl sites for hydroxylation is 1. The molecule has 0 bridgehead atoms. The molecule has 17 heavy (non-hydrogen) atoms. The minimum Gasteiger partial charge on any atom is -0.317 e. The predicted octanol–water partition coefficient (Wildman–Crippen LogP) is 1.33. The van der Waals surface area contributed by atoms with Gasteiger partial charge in [-0.15, -0.1) is 0 Å². The van der Waals surface area contributed by atoms with Crippen molar-refractivity contribution in [3.63, 3.8) is 0 Å². The molecule has 0 aliphatic carbocycles. The minimum atomic E-state index is -0.0265. The summed E-state index contributed by atoms with van der Waals surface area (Å²) < 4.78 is 1.73. The lowest BCUT2D eigenvalue weighted by Gasteiger charge is -2.23. The summed E-state index contributed by atoms with van der Waals surface area (Å²) in [6.07, 6.45) is 2.30. The molecule has 0 radical (unpaired) electrons. The van der Waals surface area contributed by atoms with E-state index in [-0.39, 0.29) is 5.69 Å². The van der Waals surface area contributed by atoms with Crippen molar-refractivity contribution >= 4 is 11.0 Å². The second-order valence-corrected chi connectivity index (χ2v) is 4.76. The number of piperidine rings is 1. The van der Waals surface area contributed by atoms with Crippen LogP contribution in [0, 0.1) is 0 Å². The number of para-hydroxylation sites is 1. The summed E-state index contributed by atoms with van der Waals surface area (Å²) in [5.74, 6) is 0.571. The smallest absolute Gasteiger partial charge is 0.317 e. The van der Waals surface area contributed by atoms with E-state index in [4.69, 9.17) is 0 Å². The largest absolute Gasteiger partial charge is 0.326 e. The monoisotopic (exact) mass is 231 g/mol. The van der Waals surface area contributed by atoms with Gasteiger partial charge in [0.1, 0.15) is 0 Å². The van der Waals surface area contributed by atoms with Crippen LogP contribution in [0.2, 0.25) is 0 Å². The average molecular weight is 231 g/mol. The lowest BCUT2D eigenvalue weighted by Crippen LogP contribution is -2.27. The van der Waals surface area contributed by atoms with Gasteiger partial charge in [0.15, 0.2) is 0 Å². The van der Waals surface area contributed by atoms with E-state index >= 15 is 0 Å². The molecule has 4 nitrogen and oxygen atoms in total. The molecule has 1 saturated heterocycles. The summed E-state index contributed by atoms with van der Waals surface area (Å²) in [5.41, 5.74) is 3.31. The van der Waals surface area contributed by atoms with Gasteiger partial charge >= 0.3 is 5.69 Å². The van der Waals surface area contributed by atoms with Crippen molar-refractivity contribution in [3.05, 3.63) is 34.2 Å². The minimum absolute atomic E-state index is 0.0265. The fourth-order valence-electron chi connectivity index (χ4n) is 2.80. The van der Waals surface area contributed by atoms with Crippen LogP contribution in [-0.4, -0.2) is 22.6 Å². The molecular weight excluding hydrogens is 214 g/mol. The van der Waals surface area contributed by atoms with E-state index in [0.29, 0.717) is 5.92 Å². The molecule has 1 aliphatic rings. The Balaban J connectivity index is 2.18. The molecule has 0 amide bonds. The summed E-state index contributed by atoms with van der Waals surface area (Å²) in [4.78, 5) is 14.6. The van der Waals surface area contributed by atoms with Crippen LogP contribution >= 0.6 is 0 Å². The average Bonchev–Trinajstić information content (AvgIpc) is 2.66. The van der Waals surface area contributed by atoms with Gasteiger partial charge in [-0.25, -0.2) is 4.79 Å². The van der Waals surface area contributed by atoms with Crippen molar-refractivity contribution in [2.24, 2.45) is 7.05 Å². The summed E-state index contributed by atoms with van der Waals surface area (Å²) in [7, 11) is 1.84. The molecular formula is C13H17N3O.